The Balaban J connectivity index is 1.47. The van der Waals surface area contributed by atoms with Crippen LogP contribution in [0.4, 0.5) is 5.69 Å². The fourth-order valence-electron chi connectivity index (χ4n) is 2.87. The van der Waals surface area contributed by atoms with E-state index in [9.17, 15) is 9.59 Å². The first-order valence-electron chi connectivity index (χ1n) is 9.53. The quantitative estimate of drug-likeness (QED) is 0.532. The molecule has 1 N–H and O–H groups in total. The third-order valence-electron chi connectivity index (χ3n) is 4.38. The third kappa shape index (κ3) is 5.51. The molecule has 7 nitrogen and oxygen atoms in total. The molecule has 152 valence electrons. The maximum Gasteiger partial charge on any atom is 0.306 e. The van der Waals surface area contributed by atoms with Crippen molar-refractivity contribution < 1.29 is 18.8 Å². The molecule has 0 aliphatic rings. The highest BCUT2D eigenvalue weighted by Crippen LogP contribution is 2.23. The van der Waals surface area contributed by atoms with E-state index >= 15 is 0 Å². The van der Waals surface area contributed by atoms with Gasteiger partial charge in [-0.2, -0.15) is 4.98 Å². The molecule has 0 radical (unpaired) electrons. The Bertz CT molecular complexity index is 944. The number of rotatable bonds is 9. The zero-order valence-corrected chi connectivity index (χ0v) is 17.3. The summed E-state index contributed by atoms with van der Waals surface area (Å²) in [5.41, 5.74) is 2.93. The van der Waals surface area contributed by atoms with Gasteiger partial charge in [0.05, 0.1) is 11.3 Å². The maximum atomic E-state index is 12.2. The monoisotopic (exact) mass is 413 g/mol. The van der Waals surface area contributed by atoms with Gasteiger partial charge in [-0.1, -0.05) is 43.3 Å². The summed E-state index contributed by atoms with van der Waals surface area (Å²) in [6.45, 7) is 3.74. The van der Waals surface area contributed by atoms with Crippen molar-refractivity contribution in [2.75, 3.05) is 11.9 Å². The summed E-state index contributed by atoms with van der Waals surface area (Å²) in [5, 5.41) is 8.70. The number of aryl methyl sites for hydroxylation is 3. The summed E-state index contributed by atoms with van der Waals surface area (Å²) < 4.78 is 10.2. The first-order chi connectivity index (χ1) is 14.1. The van der Waals surface area contributed by atoms with Crippen molar-refractivity contribution in [1.82, 2.24) is 10.1 Å². The van der Waals surface area contributed by atoms with E-state index in [4.69, 9.17) is 9.26 Å². The topological polar surface area (TPSA) is 94.3 Å². The zero-order valence-electron chi connectivity index (χ0n) is 16.4. The lowest BCUT2D eigenvalue weighted by atomic mass is 10.0. The molecule has 0 saturated heterocycles. The molecule has 3 aromatic rings. The van der Waals surface area contributed by atoms with Gasteiger partial charge in [0.15, 0.2) is 6.61 Å². The predicted octanol–water partition coefficient (Wildman–Crippen LogP) is 4.04. The molecule has 1 amide bonds. The second-order valence-corrected chi connectivity index (χ2v) is 7.30. The molecule has 0 bridgehead atoms. The molecule has 0 aliphatic heterocycles. The normalized spacial score (nSPS) is 10.7. The molecule has 3 rings (SSSR count). The van der Waals surface area contributed by atoms with Crippen LogP contribution < -0.4 is 5.32 Å². The molecule has 2 heterocycles. The van der Waals surface area contributed by atoms with Crippen LogP contribution in [-0.2, 0) is 33.6 Å². The highest BCUT2D eigenvalue weighted by Gasteiger charge is 2.14. The number of para-hydroxylation sites is 1. The van der Waals surface area contributed by atoms with Crippen molar-refractivity contribution in [3.63, 3.8) is 0 Å². The minimum absolute atomic E-state index is 0.0606. The second kappa shape index (κ2) is 9.97. The Morgan fingerprint density at radius 1 is 1.14 bits per heavy atom. The Labute approximate surface area is 173 Å². The molecular formula is C21H23N3O4S. The summed E-state index contributed by atoms with van der Waals surface area (Å²) in [4.78, 5) is 29.4. The number of nitrogens with one attached hydrogen (secondary N) is 1. The van der Waals surface area contributed by atoms with Gasteiger partial charge in [-0.3, -0.25) is 9.59 Å². The molecular weight excluding hydrogens is 390 g/mol. The molecule has 0 spiro atoms. The number of anilines is 1. The summed E-state index contributed by atoms with van der Waals surface area (Å²) in [6, 6.07) is 9.74. The molecule has 0 fully saturated rings. The average Bonchev–Trinajstić information content (AvgIpc) is 3.42. The first kappa shape index (κ1) is 20.7. The Morgan fingerprint density at radius 2 is 1.90 bits per heavy atom. The van der Waals surface area contributed by atoms with Gasteiger partial charge in [0.25, 0.3) is 5.91 Å². The molecule has 0 unspecified atom stereocenters. The van der Waals surface area contributed by atoms with Gasteiger partial charge in [0.1, 0.15) is 0 Å². The van der Waals surface area contributed by atoms with E-state index < -0.39 is 5.97 Å². The van der Waals surface area contributed by atoms with Crippen molar-refractivity contribution in [2.45, 2.75) is 39.5 Å². The smallest absolute Gasteiger partial charge is 0.306 e. The van der Waals surface area contributed by atoms with Gasteiger partial charge in [-0.25, -0.2) is 0 Å². The lowest BCUT2D eigenvalue weighted by molar-refractivity contribution is -0.147. The molecule has 0 aliphatic carbocycles. The molecule has 0 atom stereocenters. The number of ether oxygens (including phenoxy) is 1. The van der Waals surface area contributed by atoms with Crippen molar-refractivity contribution in [2.24, 2.45) is 0 Å². The van der Waals surface area contributed by atoms with Gasteiger partial charge in [-0.05, 0) is 35.4 Å². The largest absolute Gasteiger partial charge is 0.456 e. The Morgan fingerprint density at radius 3 is 2.55 bits per heavy atom. The number of esters is 1. The molecule has 1 aromatic carbocycles. The maximum absolute atomic E-state index is 12.2. The van der Waals surface area contributed by atoms with Gasteiger partial charge in [0, 0.05) is 12.1 Å². The van der Waals surface area contributed by atoms with E-state index in [-0.39, 0.29) is 25.4 Å². The van der Waals surface area contributed by atoms with E-state index in [1.807, 2.05) is 49.6 Å². The van der Waals surface area contributed by atoms with Crippen LogP contribution >= 0.6 is 11.3 Å². The van der Waals surface area contributed by atoms with Gasteiger partial charge >= 0.3 is 5.97 Å². The first-order valence-corrected chi connectivity index (χ1v) is 10.4. The standard InChI is InChI=1S/C21H23N3O4S/c1-3-14-7-5-8-15(4-2)20(14)22-17(25)13-27-19(26)11-10-18-23-21(24-28-18)16-9-6-12-29-16/h5-9,12H,3-4,10-11,13H2,1-2H3,(H,22,25). The molecule has 29 heavy (non-hydrogen) atoms. The van der Waals surface area contributed by atoms with Crippen LogP contribution in [0.3, 0.4) is 0 Å². The average molecular weight is 413 g/mol. The van der Waals surface area contributed by atoms with E-state index in [0.29, 0.717) is 11.7 Å². The number of aromatic nitrogens is 2. The van der Waals surface area contributed by atoms with Gasteiger partial charge in [0.2, 0.25) is 11.7 Å². The van der Waals surface area contributed by atoms with Crippen molar-refractivity contribution in [3.8, 4) is 10.7 Å². The highest BCUT2D eigenvalue weighted by atomic mass is 32.1. The predicted molar refractivity (Wildman–Crippen MR) is 111 cm³/mol. The Kier molecular flexibility index (Phi) is 7.13. The van der Waals surface area contributed by atoms with E-state index in [1.54, 1.807) is 0 Å². The highest BCUT2D eigenvalue weighted by molar-refractivity contribution is 7.13. The van der Waals surface area contributed by atoms with Crippen molar-refractivity contribution >= 4 is 28.9 Å². The summed E-state index contributed by atoms with van der Waals surface area (Å²) in [5.74, 6) is 0.0190. The summed E-state index contributed by atoms with van der Waals surface area (Å²) in [7, 11) is 0. The SMILES string of the molecule is CCc1cccc(CC)c1NC(=O)COC(=O)CCc1nc(-c2cccs2)no1. The van der Waals surface area contributed by atoms with Crippen LogP contribution in [0.15, 0.2) is 40.2 Å². The van der Waals surface area contributed by atoms with E-state index in [2.05, 4.69) is 15.5 Å². The summed E-state index contributed by atoms with van der Waals surface area (Å²) in [6.07, 6.45) is 1.93. The number of benzene rings is 1. The second-order valence-electron chi connectivity index (χ2n) is 6.36. The van der Waals surface area contributed by atoms with Crippen LogP contribution in [0, 0.1) is 0 Å². The number of amides is 1. The Hall–Kier alpha value is -3.00. The number of carbonyl (C=O) groups is 2. The fraction of sp³-hybridized carbons (Fsp3) is 0.333. The molecule has 0 saturated carbocycles. The van der Waals surface area contributed by atoms with Crippen molar-refractivity contribution in [1.29, 1.82) is 0 Å². The minimum Gasteiger partial charge on any atom is -0.456 e. The lowest BCUT2D eigenvalue weighted by Crippen LogP contribution is -2.22. The third-order valence-corrected chi connectivity index (χ3v) is 5.25. The van der Waals surface area contributed by atoms with E-state index in [0.717, 1.165) is 34.5 Å². The van der Waals surface area contributed by atoms with Crippen LogP contribution in [-0.4, -0.2) is 28.6 Å². The number of hydrogen-bond acceptors (Lipinski definition) is 7. The lowest BCUT2D eigenvalue weighted by Gasteiger charge is -2.14. The summed E-state index contributed by atoms with van der Waals surface area (Å²) >= 11 is 1.51. The van der Waals surface area contributed by atoms with Crippen LogP contribution in [0.5, 0.6) is 0 Å². The van der Waals surface area contributed by atoms with Crippen molar-refractivity contribution in [3.05, 3.63) is 52.7 Å². The number of carbonyl (C=O) groups excluding carboxylic acids is 2. The van der Waals surface area contributed by atoms with E-state index in [1.165, 1.54) is 11.3 Å². The van der Waals surface area contributed by atoms with Gasteiger partial charge in [-0.15, -0.1) is 11.3 Å². The molecule has 2 aromatic heterocycles. The number of nitrogens with zero attached hydrogens (tertiary/aromatic N) is 2. The van der Waals surface area contributed by atoms with Gasteiger partial charge < -0.3 is 14.6 Å². The van der Waals surface area contributed by atoms with Crippen LogP contribution in [0.2, 0.25) is 0 Å². The fourth-order valence-corrected chi connectivity index (χ4v) is 3.52. The van der Waals surface area contributed by atoms with Crippen LogP contribution in [0.1, 0.15) is 37.3 Å². The number of thiophene rings is 1. The molecule has 8 heteroatoms. The van der Waals surface area contributed by atoms with Crippen LogP contribution in [0.25, 0.3) is 10.7 Å². The minimum atomic E-state index is -0.490. The zero-order chi connectivity index (χ0) is 20.6. The number of hydrogen-bond donors (Lipinski definition) is 1.